The highest BCUT2D eigenvalue weighted by Gasteiger charge is 2.30. The lowest BCUT2D eigenvalue weighted by Gasteiger charge is -2.23. The van der Waals surface area contributed by atoms with Crippen molar-refractivity contribution < 1.29 is 14.6 Å². The van der Waals surface area contributed by atoms with Crippen LogP contribution in [0.5, 0.6) is 0 Å². The van der Waals surface area contributed by atoms with E-state index in [9.17, 15) is 9.90 Å². The third kappa shape index (κ3) is 3.21. The van der Waals surface area contributed by atoms with Crippen molar-refractivity contribution in [3.8, 4) is 11.1 Å². The molecule has 2 aliphatic rings. The minimum absolute atomic E-state index is 0.0329. The van der Waals surface area contributed by atoms with Gasteiger partial charge in [0.25, 0.3) is 0 Å². The fourth-order valence-corrected chi connectivity index (χ4v) is 4.46. The van der Waals surface area contributed by atoms with Crippen LogP contribution < -0.4 is 5.32 Å². The summed E-state index contributed by atoms with van der Waals surface area (Å²) in [4.78, 5) is 12.3. The van der Waals surface area contributed by atoms with Crippen molar-refractivity contribution in [3.05, 3.63) is 59.7 Å². The van der Waals surface area contributed by atoms with E-state index in [4.69, 9.17) is 4.74 Å². The molecule has 0 radical (unpaired) electrons. The lowest BCUT2D eigenvalue weighted by atomic mass is 9.98. The van der Waals surface area contributed by atoms with Gasteiger partial charge in [-0.25, -0.2) is 4.79 Å². The average molecular weight is 351 g/mol. The third-order valence-corrected chi connectivity index (χ3v) is 5.81. The fraction of sp³-hybridized carbons (Fsp3) is 0.409. The van der Waals surface area contributed by atoms with Crippen LogP contribution in [-0.2, 0) is 4.74 Å². The molecule has 0 bridgehead atoms. The van der Waals surface area contributed by atoms with E-state index < -0.39 is 6.09 Å². The average Bonchev–Trinajstić information content (AvgIpc) is 3.31. The molecule has 1 fully saturated rings. The van der Waals surface area contributed by atoms with Gasteiger partial charge in [0.15, 0.2) is 0 Å². The molecule has 26 heavy (non-hydrogen) atoms. The number of aliphatic hydroxyl groups excluding tert-OH is 1. The first kappa shape index (κ1) is 17.1. The highest BCUT2D eigenvalue weighted by molar-refractivity contribution is 5.79. The Morgan fingerprint density at radius 2 is 1.62 bits per heavy atom. The SMILES string of the molecule is O=C(NC(CO)C1CCCC1)OCC1c2ccccc2-c2ccccc21. The number of hydrogen-bond acceptors (Lipinski definition) is 3. The molecule has 2 aliphatic carbocycles. The smallest absolute Gasteiger partial charge is 0.407 e. The number of carbonyl (C=O) groups is 1. The Labute approximate surface area is 154 Å². The van der Waals surface area contributed by atoms with Gasteiger partial charge in [0.1, 0.15) is 6.61 Å². The molecule has 1 unspecified atom stereocenters. The van der Waals surface area contributed by atoms with E-state index in [1.165, 1.54) is 35.1 Å². The molecule has 136 valence electrons. The monoisotopic (exact) mass is 351 g/mol. The Hall–Kier alpha value is -2.33. The number of carbonyl (C=O) groups excluding carboxylic acids is 1. The molecule has 4 rings (SSSR count). The highest BCUT2D eigenvalue weighted by atomic mass is 16.5. The summed E-state index contributed by atoms with van der Waals surface area (Å²) >= 11 is 0. The maximum atomic E-state index is 12.3. The first-order chi connectivity index (χ1) is 12.8. The maximum Gasteiger partial charge on any atom is 0.407 e. The molecule has 1 saturated carbocycles. The van der Waals surface area contributed by atoms with Crippen LogP contribution in [0.1, 0.15) is 42.7 Å². The maximum absolute atomic E-state index is 12.3. The van der Waals surface area contributed by atoms with Crippen LogP contribution in [0.4, 0.5) is 4.79 Å². The van der Waals surface area contributed by atoms with Gasteiger partial charge >= 0.3 is 6.09 Å². The molecular formula is C22H25NO3. The Balaban J connectivity index is 1.43. The molecule has 2 aromatic carbocycles. The van der Waals surface area contributed by atoms with Gasteiger partial charge in [0.05, 0.1) is 12.6 Å². The van der Waals surface area contributed by atoms with Crippen LogP contribution in [0.3, 0.4) is 0 Å². The number of nitrogens with one attached hydrogen (secondary N) is 1. The number of ether oxygens (including phenoxy) is 1. The predicted molar refractivity (Wildman–Crippen MR) is 101 cm³/mol. The molecule has 2 aromatic rings. The molecule has 0 saturated heterocycles. The van der Waals surface area contributed by atoms with Crippen LogP contribution in [-0.4, -0.2) is 30.5 Å². The van der Waals surface area contributed by atoms with E-state index >= 15 is 0 Å². The lowest BCUT2D eigenvalue weighted by molar-refractivity contribution is 0.124. The summed E-state index contributed by atoms with van der Waals surface area (Å²) in [6.07, 6.45) is 4.04. The van der Waals surface area contributed by atoms with Gasteiger partial charge < -0.3 is 15.2 Å². The van der Waals surface area contributed by atoms with Gasteiger partial charge in [-0.15, -0.1) is 0 Å². The summed E-state index contributed by atoms with van der Waals surface area (Å²) in [5, 5.41) is 12.5. The van der Waals surface area contributed by atoms with E-state index in [1.54, 1.807) is 0 Å². The summed E-state index contributed by atoms with van der Waals surface area (Å²) < 4.78 is 5.57. The Morgan fingerprint density at radius 3 is 2.19 bits per heavy atom. The van der Waals surface area contributed by atoms with Crippen molar-refractivity contribution >= 4 is 6.09 Å². The van der Waals surface area contributed by atoms with Crippen LogP contribution in [0.2, 0.25) is 0 Å². The van der Waals surface area contributed by atoms with Crippen molar-refractivity contribution in [1.29, 1.82) is 0 Å². The van der Waals surface area contributed by atoms with Gasteiger partial charge in [-0.05, 0) is 41.0 Å². The second kappa shape index (κ2) is 7.50. The molecule has 1 amide bonds. The van der Waals surface area contributed by atoms with Gasteiger partial charge in [0.2, 0.25) is 0 Å². The molecule has 4 nitrogen and oxygen atoms in total. The van der Waals surface area contributed by atoms with Gasteiger partial charge in [-0.1, -0.05) is 61.4 Å². The number of aliphatic hydroxyl groups is 1. The second-order valence-corrected chi connectivity index (χ2v) is 7.30. The number of fused-ring (bicyclic) bond motifs is 3. The minimum atomic E-state index is -0.433. The number of amides is 1. The molecule has 0 aromatic heterocycles. The first-order valence-corrected chi connectivity index (χ1v) is 9.50. The topological polar surface area (TPSA) is 58.6 Å². The third-order valence-electron chi connectivity index (χ3n) is 5.81. The molecule has 0 aliphatic heterocycles. The lowest BCUT2D eigenvalue weighted by Crippen LogP contribution is -2.42. The number of benzene rings is 2. The number of alkyl carbamates (subject to hydrolysis) is 1. The number of hydrogen-bond donors (Lipinski definition) is 2. The second-order valence-electron chi connectivity index (χ2n) is 7.30. The summed E-state index contributed by atoms with van der Waals surface area (Å²) in [6, 6.07) is 16.4. The Kier molecular flexibility index (Phi) is 4.93. The zero-order valence-corrected chi connectivity index (χ0v) is 14.9. The molecule has 0 spiro atoms. The van der Waals surface area contributed by atoms with E-state index in [1.807, 2.05) is 24.3 Å². The number of rotatable bonds is 5. The van der Waals surface area contributed by atoms with Crippen molar-refractivity contribution in [1.82, 2.24) is 5.32 Å². The molecule has 1 atom stereocenters. The largest absolute Gasteiger partial charge is 0.449 e. The van der Waals surface area contributed by atoms with Crippen molar-refractivity contribution in [2.24, 2.45) is 5.92 Å². The Bertz CT molecular complexity index is 737. The molecular weight excluding hydrogens is 326 g/mol. The van der Waals surface area contributed by atoms with Crippen molar-refractivity contribution in [3.63, 3.8) is 0 Å². The minimum Gasteiger partial charge on any atom is -0.449 e. The van der Waals surface area contributed by atoms with E-state index in [0.29, 0.717) is 12.5 Å². The predicted octanol–water partition coefficient (Wildman–Crippen LogP) is 4.08. The summed E-state index contributed by atoms with van der Waals surface area (Å²) in [5.74, 6) is 0.424. The van der Waals surface area contributed by atoms with Crippen LogP contribution in [0, 0.1) is 5.92 Å². The van der Waals surface area contributed by atoms with E-state index in [2.05, 4.69) is 29.6 Å². The highest BCUT2D eigenvalue weighted by Crippen LogP contribution is 2.44. The zero-order valence-electron chi connectivity index (χ0n) is 14.9. The van der Waals surface area contributed by atoms with Gasteiger partial charge in [-0.2, -0.15) is 0 Å². The quantitative estimate of drug-likeness (QED) is 0.853. The molecule has 0 heterocycles. The zero-order chi connectivity index (χ0) is 17.9. The van der Waals surface area contributed by atoms with Crippen LogP contribution in [0.25, 0.3) is 11.1 Å². The fourth-order valence-electron chi connectivity index (χ4n) is 4.46. The summed E-state index contributed by atoms with van der Waals surface area (Å²) in [7, 11) is 0. The van der Waals surface area contributed by atoms with E-state index in [0.717, 1.165) is 12.8 Å². The normalized spacial score (nSPS) is 17.6. The van der Waals surface area contributed by atoms with Gasteiger partial charge in [0, 0.05) is 5.92 Å². The first-order valence-electron chi connectivity index (χ1n) is 9.50. The van der Waals surface area contributed by atoms with Crippen LogP contribution >= 0.6 is 0 Å². The van der Waals surface area contributed by atoms with Gasteiger partial charge in [-0.3, -0.25) is 0 Å². The summed E-state index contributed by atoms with van der Waals surface area (Å²) in [5.41, 5.74) is 4.85. The molecule has 2 N–H and O–H groups in total. The van der Waals surface area contributed by atoms with Crippen molar-refractivity contribution in [2.45, 2.75) is 37.6 Å². The Morgan fingerprint density at radius 1 is 1.04 bits per heavy atom. The standard InChI is InChI=1S/C22H25NO3/c24-13-21(15-7-1-2-8-15)23-22(25)26-14-20-18-11-5-3-9-16(18)17-10-4-6-12-19(17)20/h3-6,9-12,15,20-21,24H,1-2,7-8,13-14H2,(H,23,25). The molecule has 4 heteroatoms. The van der Waals surface area contributed by atoms with Crippen molar-refractivity contribution in [2.75, 3.05) is 13.2 Å². The van der Waals surface area contributed by atoms with E-state index in [-0.39, 0.29) is 18.6 Å². The summed E-state index contributed by atoms with van der Waals surface area (Å²) in [6.45, 7) is 0.275. The van der Waals surface area contributed by atoms with Crippen LogP contribution in [0.15, 0.2) is 48.5 Å².